The lowest BCUT2D eigenvalue weighted by atomic mass is 10.1. The Morgan fingerprint density at radius 2 is 1.82 bits per heavy atom. The molecule has 1 aromatic rings. The maximum atomic E-state index is 11.5. The second-order valence-electron chi connectivity index (χ2n) is 5.01. The van der Waals surface area contributed by atoms with Crippen molar-refractivity contribution in [3.8, 4) is 0 Å². The Kier molecular flexibility index (Phi) is 5.15. The first-order chi connectivity index (χ1) is 7.87. The Morgan fingerprint density at radius 1 is 1.24 bits per heavy atom. The molecular weight excluding hydrogens is 280 g/mol. The van der Waals surface area contributed by atoms with Crippen molar-refractivity contribution in [1.82, 2.24) is 10.6 Å². The number of halogens is 1. The molecule has 4 heteroatoms. The summed E-state index contributed by atoms with van der Waals surface area (Å²) in [4.78, 5) is 11.5. The van der Waals surface area contributed by atoms with Gasteiger partial charge in [-0.1, -0.05) is 28.1 Å². The molecular formula is C13H19BrN2O. The van der Waals surface area contributed by atoms with Crippen LogP contribution in [0.2, 0.25) is 0 Å². The van der Waals surface area contributed by atoms with E-state index in [0.29, 0.717) is 13.1 Å². The fourth-order valence-electron chi connectivity index (χ4n) is 1.21. The molecule has 1 amide bonds. The van der Waals surface area contributed by atoms with Gasteiger partial charge in [-0.05, 0) is 38.5 Å². The highest BCUT2D eigenvalue weighted by Crippen LogP contribution is 2.10. The Morgan fingerprint density at radius 3 is 2.35 bits per heavy atom. The molecule has 1 rings (SSSR count). The molecule has 0 saturated carbocycles. The van der Waals surface area contributed by atoms with Crippen molar-refractivity contribution in [3.63, 3.8) is 0 Å². The van der Waals surface area contributed by atoms with E-state index in [9.17, 15) is 4.79 Å². The average Bonchev–Trinajstić information content (AvgIpc) is 2.25. The quantitative estimate of drug-likeness (QED) is 0.896. The summed E-state index contributed by atoms with van der Waals surface area (Å²) in [5.74, 6) is 0.0165. The SMILES string of the molecule is CC(C)(C)NCC(=O)NCc1ccc(Br)cc1. The van der Waals surface area contributed by atoms with Gasteiger partial charge >= 0.3 is 0 Å². The first-order valence-corrected chi connectivity index (χ1v) is 6.42. The summed E-state index contributed by atoms with van der Waals surface area (Å²) in [6.07, 6.45) is 0. The van der Waals surface area contributed by atoms with Gasteiger partial charge < -0.3 is 10.6 Å². The van der Waals surface area contributed by atoms with Crippen LogP contribution in [0, 0.1) is 0 Å². The summed E-state index contributed by atoms with van der Waals surface area (Å²) in [6.45, 7) is 7.02. The molecule has 0 saturated heterocycles. The Balaban J connectivity index is 2.31. The van der Waals surface area contributed by atoms with Crippen LogP contribution < -0.4 is 10.6 Å². The van der Waals surface area contributed by atoms with Crippen molar-refractivity contribution in [2.75, 3.05) is 6.54 Å². The van der Waals surface area contributed by atoms with Gasteiger partial charge in [0.1, 0.15) is 0 Å². The molecule has 0 spiro atoms. The van der Waals surface area contributed by atoms with E-state index in [1.54, 1.807) is 0 Å². The Hall–Kier alpha value is -0.870. The molecule has 0 aliphatic heterocycles. The number of nitrogens with one attached hydrogen (secondary N) is 2. The smallest absolute Gasteiger partial charge is 0.234 e. The first kappa shape index (κ1) is 14.2. The molecule has 0 atom stereocenters. The number of hydrogen-bond acceptors (Lipinski definition) is 2. The van der Waals surface area contributed by atoms with E-state index in [-0.39, 0.29) is 11.4 Å². The molecule has 1 aromatic carbocycles. The predicted molar refractivity (Wildman–Crippen MR) is 73.7 cm³/mol. The van der Waals surface area contributed by atoms with E-state index < -0.39 is 0 Å². The molecule has 0 aliphatic rings. The minimum atomic E-state index is -0.0328. The fourth-order valence-corrected chi connectivity index (χ4v) is 1.48. The van der Waals surface area contributed by atoms with Crippen LogP contribution in [0.5, 0.6) is 0 Å². The van der Waals surface area contributed by atoms with Crippen molar-refractivity contribution < 1.29 is 4.79 Å². The van der Waals surface area contributed by atoms with E-state index in [4.69, 9.17) is 0 Å². The molecule has 0 fully saturated rings. The lowest BCUT2D eigenvalue weighted by Crippen LogP contribution is -2.43. The highest BCUT2D eigenvalue weighted by Gasteiger charge is 2.10. The molecule has 0 unspecified atom stereocenters. The number of carbonyl (C=O) groups is 1. The standard InChI is InChI=1S/C13H19BrN2O/c1-13(2,3)16-9-12(17)15-8-10-4-6-11(14)7-5-10/h4-7,16H,8-9H2,1-3H3,(H,15,17). The minimum Gasteiger partial charge on any atom is -0.351 e. The molecule has 0 aliphatic carbocycles. The van der Waals surface area contributed by atoms with Gasteiger partial charge in [-0.25, -0.2) is 0 Å². The molecule has 0 heterocycles. The largest absolute Gasteiger partial charge is 0.351 e. The maximum absolute atomic E-state index is 11.5. The Bertz CT molecular complexity index is 368. The zero-order valence-electron chi connectivity index (χ0n) is 10.5. The Labute approximate surface area is 111 Å². The lowest BCUT2D eigenvalue weighted by Gasteiger charge is -2.20. The molecule has 94 valence electrons. The molecule has 0 radical (unpaired) electrons. The maximum Gasteiger partial charge on any atom is 0.234 e. The zero-order valence-corrected chi connectivity index (χ0v) is 12.1. The average molecular weight is 299 g/mol. The van der Waals surface area contributed by atoms with Crippen molar-refractivity contribution >= 4 is 21.8 Å². The number of hydrogen-bond donors (Lipinski definition) is 2. The van der Waals surface area contributed by atoms with Crippen LogP contribution in [0.25, 0.3) is 0 Å². The van der Waals surface area contributed by atoms with E-state index in [1.165, 1.54) is 0 Å². The topological polar surface area (TPSA) is 41.1 Å². The number of carbonyl (C=O) groups excluding carboxylic acids is 1. The highest BCUT2D eigenvalue weighted by atomic mass is 79.9. The second kappa shape index (κ2) is 6.17. The van der Waals surface area contributed by atoms with Crippen LogP contribution in [0.1, 0.15) is 26.3 Å². The van der Waals surface area contributed by atoms with Gasteiger partial charge in [-0.2, -0.15) is 0 Å². The second-order valence-corrected chi connectivity index (χ2v) is 5.92. The van der Waals surface area contributed by atoms with E-state index in [0.717, 1.165) is 10.0 Å². The van der Waals surface area contributed by atoms with Gasteiger partial charge in [-0.15, -0.1) is 0 Å². The summed E-state index contributed by atoms with van der Waals surface area (Å²) >= 11 is 3.37. The van der Waals surface area contributed by atoms with Gasteiger partial charge in [-0.3, -0.25) is 4.79 Å². The van der Waals surface area contributed by atoms with Crippen molar-refractivity contribution in [3.05, 3.63) is 34.3 Å². The van der Waals surface area contributed by atoms with Crippen molar-refractivity contribution in [1.29, 1.82) is 0 Å². The van der Waals surface area contributed by atoms with Crippen molar-refractivity contribution in [2.45, 2.75) is 32.9 Å². The van der Waals surface area contributed by atoms with E-state index >= 15 is 0 Å². The van der Waals surface area contributed by atoms with Gasteiger partial charge in [0.05, 0.1) is 6.54 Å². The normalized spacial score (nSPS) is 11.3. The molecule has 3 nitrogen and oxygen atoms in total. The van der Waals surface area contributed by atoms with Gasteiger partial charge in [0.15, 0.2) is 0 Å². The van der Waals surface area contributed by atoms with Crippen LogP contribution in [0.3, 0.4) is 0 Å². The van der Waals surface area contributed by atoms with Gasteiger partial charge in [0, 0.05) is 16.6 Å². The third-order valence-electron chi connectivity index (χ3n) is 2.18. The monoisotopic (exact) mass is 298 g/mol. The zero-order chi connectivity index (χ0) is 12.9. The fraction of sp³-hybridized carbons (Fsp3) is 0.462. The van der Waals surface area contributed by atoms with Crippen LogP contribution >= 0.6 is 15.9 Å². The van der Waals surface area contributed by atoms with Gasteiger partial charge in [0.25, 0.3) is 0 Å². The molecule has 2 N–H and O–H groups in total. The van der Waals surface area contributed by atoms with E-state index in [2.05, 4.69) is 26.6 Å². The highest BCUT2D eigenvalue weighted by molar-refractivity contribution is 9.10. The summed E-state index contributed by atoms with van der Waals surface area (Å²) in [7, 11) is 0. The summed E-state index contributed by atoms with van der Waals surface area (Å²) < 4.78 is 1.04. The molecule has 0 bridgehead atoms. The predicted octanol–water partition coefficient (Wildman–Crippen LogP) is 2.45. The number of amides is 1. The minimum absolute atomic E-state index is 0.0165. The molecule has 0 aromatic heterocycles. The van der Waals surface area contributed by atoms with Crippen LogP contribution in [-0.2, 0) is 11.3 Å². The van der Waals surface area contributed by atoms with Crippen LogP contribution in [-0.4, -0.2) is 18.0 Å². The van der Waals surface area contributed by atoms with E-state index in [1.807, 2.05) is 45.0 Å². The lowest BCUT2D eigenvalue weighted by molar-refractivity contribution is -0.120. The molecule has 17 heavy (non-hydrogen) atoms. The number of benzene rings is 1. The van der Waals surface area contributed by atoms with Crippen LogP contribution in [0.15, 0.2) is 28.7 Å². The third kappa shape index (κ3) is 6.44. The van der Waals surface area contributed by atoms with Gasteiger partial charge in [0.2, 0.25) is 5.91 Å². The summed E-state index contributed by atoms with van der Waals surface area (Å²) in [6, 6.07) is 7.91. The summed E-state index contributed by atoms with van der Waals surface area (Å²) in [5.41, 5.74) is 1.06. The van der Waals surface area contributed by atoms with Crippen molar-refractivity contribution in [2.24, 2.45) is 0 Å². The third-order valence-corrected chi connectivity index (χ3v) is 2.71. The first-order valence-electron chi connectivity index (χ1n) is 5.63. The van der Waals surface area contributed by atoms with Crippen LogP contribution in [0.4, 0.5) is 0 Å². The number of rotatable bonds is 4. The summed E-state index contributed by atoms with van der Waals surface area (Å²) in [5, 5.41) is 6.02.